The highest BCUT2D eigenvalue weighted by Crippen LogP contribution is 2.23. The molecule has 23 heavy (non-hydrogen) atoms. The van der Waals surface area contributed by atoms with Crippen LogP contribution >= 0.6 is 11.6 Å². The third kappa shape index (κ3) is 5.00. The molecule has 0 unspecified atom stereocenters. The van der Waals surface area contributed by atoms with Crippen molar-refractivity contribution in [3.63, 3.8) is 0 Å². The van der Waals surface area contributed by atoms with E-state index in [4.69, 9.17) is 11.6 Å². The lowest BCUT2D eigenvalue weighted by Gasteiger charge is -2.19. The number of benzene rings is 2. The second kappa shape index (κ2) is 7.05. The number of rotatable bonds is 3. The van der Waals surface area contributed by atoms with Crippen LogP contribution in [-0.2, 0) is 12.0 Å². The van der Waals surface area contributed by atoms with E-state index in [1.54, 1.807) is 0 Å². The first-order valence-corrected chi connectivity index (χ1v) is 8.04. The molecule has 3 nitrogen and oxygen atoms in total. The Morgan fingerprint density at radius 3 is 2.30 bits per heavy atom. The zero-order valence-corrected chi connectivity index (χ0v) is 14.8. The van der Waals surface area contributed by atoms with Crippen molar-refractivity contribution in [3.8, 4) is 0 Å². The molecule has 0 aliphatic heterocycles. The number of hydrogen-bond acceptors (Lipinski definition) is 1. The Morgan fingerprint density at radius 1 is 1.09 bits per heavy atom. The second-order valence-electron chi connectivity index (χ2n) is 6.72. The zero-order chi connectivity index (χ0) is 17.0. The van der Waals surface area contributed by atoms with E-state index < -0.39 is 0 Å². The Balaban J connectivity index is 1.90. The van der Waals surface area contributed by atoms with Gasteiger partial charge in [-0.1, -0.05) is 56.6 Å². The highest BCUT2D eigenvalue weighted by molar-refractivity contribution is 6.31. The fourth-order valence-corrected chi connectivity index (χ4v) is 2.36. The van der Waals surface area contributed by atoms with E-state index in [-0.39, 0.29) is 11.4 Å². The van der Waals surface area contributed by atoms with Gasteiger partial charge in [0.2, 0.25) is 0 Å². The Kier molecular flexibility index (Phi) is 5.32. The average Bonchev–Trinajstić information content (AvgIpc) is 2.48. The maximum Gasteiger partial charge on any atom is 0.319 e. The maximum absolute atomic E-state index is 12.0. The number of nitrogens with one attached hydrogen (secondary N) is 2. The summed E-state index contributed by atoms with van der Waals surface area (Å²) in [7, 11) is 0. The lowest BCUT2D eigenvalue weighted by atomic mass is 9.87. The molecule has 2 amide bonds. The molecule has 0 bridgehead atoms. The van der Waals surface area contributed by atoms with Crippen LogP contribution in [0.3, 0.4) is 0 Å². The molecule has 2 rings (SSSR count). The normalized spacial score (nSPS) is 11.2. The van der Waals surface area contributed by atoms with Crippen molar-refractivity contribution in [1.29, 1.82) is 0 Å². The van der Waals surface area contributed by atoms with Crippen molar-refractivity contribution in [3.05, 3.63) is 64.2 Å². The van der Waals surface area contributed by atoms with Crippen LogP contribution < -0.4 is 10.6 Å². The van der Waals surface area contributed by atoms with E-state index in [0.29, 0.717) is 11.6 Å². The molecule has 0 aromatic heterocycles. The molecule has 122 valence electrons. The van der Waals surface area contributed by atoms with Crippen LogP contribution in [0.4, 0.5) is 10.5 Å². The Bertz CT molecular complexity index is 688. The van der Waals surface area contributed by atoms with Crippen LogP contribution in [0.5, 0.6) is 0 Å². The summed E-state index contributed by atoms with van der Waals surface area (Å²) < 4.78 is 0. The molecule has 2 N–H and O–H groups in total. The fourth-order valence-electron chi connectivity index (χ4n) is 2.16. The van der Waals surface area contributed by atoms with Gasteiger partial charge >= 0.3 is 6.03 Å². The quantitative estimate of drug-likeness (QED) is 0.791. The molecule has 2 aromatic rings. The van der Waals surface area contributed by atoms with E-state index in [2.05, 4.69) is 31.4 Å². The average molecular weight is 331 g/mol. The first kappa shape index (κ1) is 17.4. The molecule has 0 spiro atoms. The molecule has 0 radical (unpaired) electrons. The predicted octanol–water partition coefficient (Wildman–Crippen LogP) is 5.27. The van der Waals surface area contributed by atoms with E-state index >= 15 is 0 Å². The molecule has 0 aliphatic rings. The van der Waals surface area contributed by atoms with Crippen LogP contribution in [0.1, 0.15) is 37.5 Å². The third-order valence-corrected chi connectivity index (χ3v) is 4.11. The molecule has 4 heteroatoms. The van der Waals surface area contributed by atoms with Gasteiger partial charge in [-0.15, -0.1) is 0 Å². The Labute approximate surface area is 143 Å². The van der Waals surface area contributed by atoms with Gasteiger partial charge in [0, 0.05) is 17.3 Å². The summed E-state index contributed by atoms with van der Waals surface area (Å²) >= 11 is 6.08. The smallest absolute Gasteiger partial charge is 0.319 e. The summed E-state index contributed by atoms with van der Waals surface area (Å²) in [5, 5.41) is 6.37. The largest absolute Gasteiger partial charge is 0.334 e. The van der Waals surface area contributed by atoms with Crippen LogP contribution in [0, 0.1) is 6.92 Å². The molecule has 0 aliphatic carbocycles. The summed E-state index contributed by atoms with van der Waals surface area (Å²) in [6, 6.07) is 13.5. The van der Waals surface area contributed by atoms with E-state index in [9.17, 15) is 4.79 Å². The van der Waals surface area contributed by atoms with Crippen molar-refractivity contribution in [2.24, 2.45) is 0 Å². The van der Waals surface area contributed by atoms with Crippen molar-refractivity contribution < 1.29 is 4.79 Å². The van der Waals surface area contributed by atoms with Crippen LogP contribution in [-0.4, -0.2) is 6.03 Å². The summed E-state index contributed by atoms with van der Waals surface area (Å²) in [6.45, 7) is 8.87. The van der Waals surface area contributed by atoms with Gasteiger partial charge in [-0.25, -0.2) is 4.79 Å². The number of carbonyl (C=O) groups is 1. The standard InChI is InChI=1S/C19H23ClN2O/c1-13-5-6-14(11-17(13)20)12-21-18(23)22-16-9-7-15(8-10-16)19(2,3)4/h5-11H,12H2,1-4H3,(H2,21,22,23). The van der Waals surface area contributed by atoms with Gasteiger partial charge in [0.1, 0.15) is 0 Å². The lowest BCUT2D eigenvalue weighted by molar-refractivity contribution is 0.251. The Hall–Kier alpha value is -2.00. The van der Waals surface area contributed by atoms with Gasteiger partial charge in [0.25, 0.3) is 0 Å². The molecular formula is C19H23ClN2O. The molecule has 0 saturated heterocycles. The van der Waals surface area contributed by atoms with E-state index in [0.717, 1.165) is 16.8 Å². The van der Waals surface area contributed by atoms with Gasteiger partial charge in [-0.3, -0.25) is 0 Å². The highest BCUT2D eigenvalue weighted by atomic mass is 35.5. The van der Waals surface area contributed by atoms with Crippen molar-refractivity contribution in [1.82, 2.24) is 5.32 Å². The molecule has 0 heterocycles. The fraction of sp³-hybridized carbons (Fsp3) is 0.316. The molecule has 0 atom stereocenters. The van der Waals surface area contributed by atoms with Gasteiger partial charge in [0.05, 0.1) is 0 Å². The van der Waals surface area contributed by atoms with Crippen LogP contribution in [0.25, 0.3) is 0 Å². The monoisotopic (exact) mass is 330 g/mol. The molecule has 0 fully saturated rings. The third-order valence-electron chi connectivity index (χ3n) is 3.70. The van der Waals surface area contributed by atoms with E-state index in [1.807, 2.05) is 49.4 Å². The van der Waals surface area contributed by atoms with Crippen LogP contribution in [0.2, 0.25) is 5.02 Å². The number of halogens is 1. The summed E-state index contributed by atoms with van der Waals surface area (Å²) in [4.78, 5) is 12.0. The number of amides is 2. The number of aryl methyl sites for hydroxylation is 1. The minimum atomic E-state index is -0.231. The van der Waals surface area contributed by atoms with Gasteiger partial charge in [0.15, 0.2) is 0 Å². The summed E-state index contributed by atoms with van der Waals surface area (Å²) in [5.74, 6) is 0. The minimum absolute atomic E-state index is 0.103. The molecular weight excluding hydrogens is 308 g/mol. The Morgan fingerprint density at radius 2 is 1.74 bits per heavy atom. The van der Waals surface area contributed by atoms with E-state index in [1.165, 1.54) is 5.56 Å². The molecule has 0 saturated carbocycles. The number of anilines is 1. The zero-order valence-electron chi connectivity index (χ0n) is 14.0. The molecule has 2 aromatic carbocycles. The summed E-state index contributed by atoms with van der Waals surface area (Å²) in [5.41, 5.74) is 4.11. The van der Waals surface area contributed by atoms with Crippen molar-refractivity contribution in [2.75, 3.05) is 5.32 Å². The maximum atomic E-state index is 12.0. The van der Waals surface area contributed by atoms with Crippen LogP contribution in [0.15, 0.2) is 42.5 Å². The topological polar surface area (TPSA) is 41.1 Å². The second-order valence-corrected chi connectivity index (χ2v) is 7.13. The van der Waals surface area contributed by atoms with Crippen molar-refractivity contribution in [2.45, 2.75) is 39.7 Å². The SMILES string of the molecule is Cc1ccc(CNC(=O)Nc2ccc(C(C)(C)C)cc2)cc1Cl. The number of hydrogen-bond donors (Lipinski definition) is 2. The van der Waals surface area contributed by atoms with Gasteiger partial charge < -0.3 is 10.6 Å². The highest BCUT2D eigenvalue weighted by Gasteiger charge is 2.13. The minimum Gasteiger partial charge on any atom is -0.334 e. The van der Waals surface area contributed by atoms with Crippen molar-refractivity contribution >= 4 is 23.3 Å². The predicted molar refractivity (Wildman–Crippen MR) is 97.2 cm³/mol. The van der Waals surface area contributed by atoms with Gasteiger partial charge in [-0.2, -0.15) is 0 Å². The summed E-state index contributed by atoms with van der Waals surface area (Å²) in [6.07, 6.45) is 0. The number of carbonyl (C=O) groups excluding carboxylic acids is 1. The first-order valence-electron chi connectivity index (χ1n) is 7.66. The first-order chi connectivity index (χ1) is 10.8. The lowest BCUT2D eigenvalue weighted by Crippen LogP contribution is -2.28. The van der Waals surface area contributed by atoms with Gasteiger partial charge in [-0.05, 0) is 47.2 Å². The number of urea groups is 1.